The fourth-order valence-electron chi connectivity index (χ4n) is 3.21. The highest BCUT2D eigenvalue weighted by Gasteiger charge is 2.42. The lowest BCUT2D eigenvalue weighted by Gasteiger charge is -2.26. The van der Waals surface area contributed by atoms with Crippen molar-refractivity contribution in [3.8, 4) is 0 Å². The number of rotatable bonds is 10. The lowest BCUT2D eigenvalue weighted by atomic mass is 9.84. The Labute approximate surface area is 173 Å². The van der Waals surface area contributed by atoms with E-state index in [0.29, 0.717) is 13.0 Å². The summed E-state index contributed by atoms with van der Waals surface area (Å²) in [6.07, 6.45) is 0.323. The highest BCUT2D eigenvalue weighted by molar-refractivity contribution is 5.92. The lowest BCUT2D eigenvalue weighted by Crippen LogP contribution is -2.54. The number of amides is 4. The van der Waals surface area contributed by atoms with Gasteiger partial charge in [-0.1, -0.05) is 32.1 Å². The molecule has 6 N–H and O–H groups in total. The van der Waals surface area contributed by atoms with Gasteiger partial charge < -0.3 is 27.0 Å². The molecule has 0 spiro atoms. The first-order valence-corrected chi connectivity index (χ1v) is 9.98. The maximum absolute atomic E-state index is 12.5. The van der Waals surface area contributed by atoms with Gasteiger partial charge in [0.05, 0.1) is 13.1 Å². The Bertz CT molecular complexity index is 609. The molecule has 1 fully saturated rings. The summed E-state index contributed by atoms with van der Waals surface area (Å²) in [6.45, 7) is 1.11. The summed E-state index contributed by atoms with van der Waals surface area (Å²) in [7, 11) is 0. The van der Waals surface area contributed by atoms with Gasteiger partial charge >= 0.3 is 6.18 Å². The van der Waals surface area contributed by atoms with Crippen molar-refractivity contribution >= 4 is 23.6 Å². The molecule has 12 heteroatoms. The van der Waals surface area contributed by atoms with Crippen molar-refractivity contribution in [2.45, 2.75) is 63.7 Å². The molecule has 4 amide bonds. The van der Waals surface area contributed by atoms with Gasteiger partial charge in [0, 0.05) is 6.54 Å². The topological polar surface area (TPSA) is 142 Å². The predicted octanol–water partition coefficient (Wildman–Crippen LogP) is -0.300. The summed E-state index contributed by atoms with van der Waals surface area (Å²) < 4.78 is 37.3. The summed E-state index contributed by atoms with van der Waals surface area (Å²) in [5, 5.41) is 9.21. The molecule has 0 aromatic rings. The van der Waals surface area contributed by atoms with Gasteiger partial charge in [0.2, 0.25) is 23.6 Å². The van der Waals surface area contributed by atoms with Gasteiger partial charge in [-0.25, -0.2) is 0 Å². The smallest absolute Gasteiger partial charge is 0.355 e. The molecule has 0 saturated heterocycles. The molecule has 172 valence electrons. The van der Waals surface area contributed by atoms with E-state index < -0.39 is 42.5 Å². The van der Waals surface area contributed by atoms with Gasteiger partial charge in [0.25, 0.3) is 0 Å². The molecule has 9 nitrogen and oxygen atoms in total. The van der Waals surface area contributed by atoms with E-state index in [0.717, 1.165) is 32.1 Å². The first-order chi connectivity index (χ1) is 14.0. The minimum absolute atomic E-state index is 0.201. The molecule has 1 rings (SSSR count). The summed E-state index contributed by atoms with van der Waals surface area (Å²) in [5.74, 6) is -3.12. The monoisotopic (exact) mass is 437 g/mol. The van der Waals surface area contributed by atoms with Crippen LogP contribution in [0.3, 0.4) is 0 Å². The molecule has 2 atom stereocenters. The Balaban J connectivity index is 2.64. The zero-order valence-corrected chi connectivity index (χ0v) is 16.9. The molecule has 0 radical (unpaired) electrons. The van der Waals surface area contributed by atoms with Crippen molar-refractivity contribution < 1.29 is 32.3 Å². The number of halogens is 3. The number of hydrogen-bond donors (Lipinski definition) is 5. The largest absolute Gasteiger partial charge is 0.412 e. The normalized spacial score (nSPS) is 16.8. The molecule has 1 aliphatic rings. The highest BCUT2D eigenvalue weighted by atomic mass is 19.4. The van der Waals surface area contributed by atoms with E-state index >= 15 is 0 Å². The number of nitrogens with two attached hydrogens (primary N) is 1. The molecule has 0 aromatic carbocycles. The molecular weight excluding hydrogens is 407 g/mol. The highest BCUT2D eigenvalue weighted by Crippen LogP contribution is 2.27. The van der Waals surface area contributed by atoms with Crippen molar-refractivity contribution in [2.75, 3.05) is 19.6 Å². The Hall–Kier alpha value is -2.37. The Kier molecular flexibility index (Phi) is 10.6. The molecule has 0 aliphatic heterocycles. The van der Waals surface area contributed by atoms with E-state index in [1.807, 2.05) is 5.32 Å². The minimum Gasteiger partial charge on any atom is -0.355 e. The van der Waals surface area contributed by atoms with Crippen molar-refractivity contribution in [3.63, 3.8) is 0 Å². The van der Waals surface area contributed by atoms with Gasteiger partial charge in [-0.3, -0.25) is 19.2 Å². The lowest BCUT2D eigenvalue weighted by molar-refractivity contribution is -0.163. The van der Waals surface area contributed by atoms with Gasteiger partial charge in [-0.15, -0.1) is 0 Å². The van der Waals surface area contributed by atoms with Crippen molar-refractivity contribution in [1.29, 1.82) is 0 Å². The van der Waals surface area contributed by atoms with Crippen molar-refractivity contribution in [1.82, 2.24) is 21.3 Å². The van der Waals surface area contributed by atoms with Crippen molar-refractivity contribution in [3.05, 3.63) is 0 Å². The van der Waals surface area contributed by atoms with E-state index in [-0.39, 0.29) is 18.4 Å². The van der Waals surface area contributed by atoms with E-state index in [4.69, 9.17) is 5.73 Å². The second kappa shape index (κ2) is 12.4. The van der Waals surface area contributed by atoms with Crippen LogP contribution in [0.2, 0.25) is 0 Å². The first-order valence-electron chi connectivity index (χ1n) is 9.98. The Morgan fingerprint density at radius 1 is 0.933 bits per heavy atom. The minimum atomic E-state index is -4.93. The fourth-order valence-corrected chi connectivity index (χ4v) is 3.21. The quantitative estimate of drug-likeness (QED) is 0.319. The van der Waals surface area contributed by atoms with E-state index in [9.17, 15) is 32.3 Å². The molecule has 30 heavy (non-hydrogen) atoms. The summed E-state index contributed by atoms with van der Waals surface area (Å²) in [6, 6.07) is -3.72. The third-order valence-corrected chi connectivity index (χ3v) is 4.80. The van der Waals surface area contributed by atoms with Crippen LogP contribution in [0.5, 0.6) is 0 Å². The number of carbonyl (C=O) groups excluding carboxylic acids is 4. The Morgan fingerprint density at radius 2 is 1.50 bits per heavy atom. The maximum Gasteiger partial charge on any atom is 0.412 e. The van der Waals surface area contributed by atoms with Crippen LogP contribution in [0.4, 0.5) is 13.2 Å². The average molecular weight is 437 g/mol. The third kappa shape index (κ3) is 9.42. The van der Waals surface area contributed by atoms with Gasteiger partial charge in [0.1, 0.15) is 6.04 Å². The standard InChI is InChI=1S/C18H30F3N5O4/c1-2-23-13(27)9-24-16(29)12(8-11-6-4-3-5-7-11)26-14(28)10-25-17(30)15(22)18(19,20)21/h11-12,15H,2-10,22H2,1H3,(H,23,27)(H,24,29)(H,25,30)(H,26,28). The molecule has 0 aromatic heterocycles. The van der Waals surface area contributed by atoms with E-state index in [2.05, 4.69) is 16.0 Å². The molecule has 1 aliphatic carbocycles. The molecule has 0 bridgehead atoms. The van der Waals surface area contributed by atoms with E-state index in [1.54, 1.807) is 6.92 Å². The van der Waals surface area contributed by atoms with Gasteiger partial charge in [-0.2, -0.15) is 13.2 Å². The summed E-state index contributed by atoms with van der Waals surface area (Å²) in [5.41, 5.74) is 4.78. The SMILES string of the molecule is CCNC(=O)CNC(=O)C(CC1CCCCC1)NC(=O)CNC(=O)C(N)C(F)(F)F. The molecule has 2 unspecified atom stereocenters. The van der Waals surface area contributed by atoms with Gasteiger partial charge in [0.15, 0.2) is 6.04 Å². The Morgan fingerprint density at radius 3 is 2.07 bits per heavy atom. The number of nitrogens with one attached hydrogen (secondary N) is 4. The second-order valence-corrected chi connectivity index (χ2v) is 7.27. The molecular formula is C18H30F3N5O4. The second-order valence-electron chi connectivity index (χ2n) is 7.27. The van der Waals surface area contributed by atoms with Crippen LogP contribution < -0.4 is 27.0 Å². The van der Waals surface area contributed by atoms with Crippen LogP contribution in [0.1, 0.15) is 45.4 Å². The van der Waals surface area contributed by atoms with Crippen LogP contribution in [0, 0.1) is 5.92 Å². The fraction of sp³-hybridized carbons (Fsp3) is 0.778. The van der Waals surface area contributed by atoms with Crippen molar-refractivity contribution in [2.24, 2.45) is 11.7 Å². The average Bonchev–Trinajstić information content (AvgIpc) is 2.69. The number of hydrogen-bond acceptors (Lipinski definition) is 5. The number of alkyl halides is 3. The number of likely N-dealkylation sites (N-methyl/N-ethyl adjacent to an activating group) is 1. The summed E-state index contributed by atoms with van der Waals surface area (Å²) >= 11 is 0. The van der Waals surface area contributed by atoms with Crippen LogP contribution in [0.25, 0.3) is 0 Å². The van der Waals surface area contributed by atoms with Crippen LogP contribution >= 0.6 is 0 Å². The molecule has 0 heterocycles. The maximum atomic E-state index is 12.5. The summed E-state index contributed by atoms with van der Waals surface area (Å²) in [4.78, 5) is 47.5. The molecule has 1 saturated carbocycles. The van der Waals surface area contributed by atoms with Crippen LogP contribution in [-0.4, -0.2) is 61.5 Å². The third-order valence-electron chi connectivity index (χ3n) is 4.80. The first kappa shape index (κ1) is 25.7. The zero-order valence-electron chi connectivity index (χ0n) is 16.9. The predicted molar refractivity (Wildman–Crippen MR) is 102 cm³/mol. The van der Waals surface area contributed by atoms with Crippen LogP contribution in [0.15, 0.2) is 0 Å². The number of carbonyl (C=O) groups is 4. The zero-order chi connectivity index (χ0) is 22.7. The van der Waals surface area contributed by atoms with Crippen LogP contribution in [-0.2, 0) is 19.2 Å². The van der Waals surface area contributed by atoms with Gasteiger partial charge in [-0.05, 0) is 19.3 Å². The van der Waals surface area contributed by atoms with E-state index in [1.165, 1.54) is 0 Å².